The Hall–Kier alpha value is -2.32. The Bertz CT molecular complexity index is 776. The normalized spacial score (nSPS) is 33.8. The van der Waals surface area contributed by atoms with Crippen LogP contribution in [0.4, 0.5) is 0 Å². The number of carboxylic acids is 1. The van der Waals surface area contributed by atoms with Gasteiger partial charge in [0.05, 0.1) is 18.7 Å². The molecule has 0 aromatic heterocycles. The molecule has 2 saturated heterocycles. The largest absolute Gasteiger partial charge is 0.508 e. The summed E-state index contributed by atoms with van der Waals surface area (Å²) in [7, 11) is 0. The molecule has 4 unspecified atom stereocenters. The van der Waals surface area contributed by atoms with E-state index < -0.39 is 60.6 Å². The van der Waals surface area contributed by atoms with Gasteiger partial charge in [-0.05, 0) is 24.1 Å². The van der Waals surface area contributed by atoms with Gasteiger partial charge in [0.25, 0.3) is 0 Å². The van der Waals surface area contributed by atoms with Crippen molar-refractivity contribution in [1.82, 2.24) is 10.4 Å². The van der Waals surface area contributed by atoms with E-state index in [9.17, 15) is 40.3 Å². The van der Waals surface area contributed by atoms with Crippen LogP contribution in [0.3, 0.4) is 0 Å². The summed E-state index contributed by atoms with van der Waals surface area (Å²) in [6.07, 6.45) is -5.07. The number of carboxylic acid groups (broad SMARTS) is 1. The molecule has 1 aromatic carbocycles. The highest BCUT2D eigenvalue weighted by molar-refractivity contribution is 5.87. The lowest BCUT2D eigenvalue weighted by atomic mass is 9.81. The Balaban J connectivity index is 1.75. The quantitative estimate of drug-likeness (QED) is 0.232. The molecule has 7 atom stereocenters. The van der Waals surface area contributed by atoms with Crippen LogP contribution in [0.2, 0.25) is 0 Å². The monoisotopic (exact) mass is 413 g/mol. The zero-order valence-corrected chi connectivity index (χ0v) is 15.1. The molecule has 1 aromatic rings. The van der Waals surface area contributed by atoms with Crippen LogP contribution in [0.1, 0.15) is 5.56 Å². The standard InChI is InChI=1S/C17H23N3O9/c18-9(5-7-1-3-8(21)4-2-7)14(24)19-10(16(25)26)11-12(22)17(27)6-29-15(13(17)23)20(11)28/h1-4,9-13,15,21-23,27-28H,5-6,18H2,(H,19,24)(H,25,26)/t9-,10?,11-,12+,13?,15?,17?/m0/s1. The number of benzene rings is 1. The molecule has 9 N–H and O–H groups in total. The maximum absolute atomic E-state index is 12.4. The second-order valence-corrected chi connectivity index (χ2v) is 7.25. The van der Waals surface area contributed by atoms with Crippen molar-refractivity contribution in [2.45, 2.75) is 48.6 Å². The van der Waals surface area contributed by atoms with Crippen LogP contribution < -0.4 is 11.1 Å². The number of hydrogen-bond acceptors (Lipinski definition) is 10. The number of aromatic hydroxyl groups is 1. The summed E-state index contributed by atoms with van der Waals surface area (Å²) in [5, 5.41) is 62.4. The number of amides is 1. The van der Waals surface area contributed by atoms with Gasteiger partial charge in [-0.3, -0.25) is 4.79 Å². The number of hydroxylamine groups is 2. The predicted molar refractivity (Wildman–Crippen MR) is 93.5 cm³/mol. The molecule has 0 aliphatic carbocycles. The molecule has 160 valence electrons. The number of nitrogens with two attached hydrogens (primary N) is 1. The smallest absolute Gasteiger partial charge is 0.328 e. The fourth-order valence-electron chi connectivity index (χ4n) is 3.60. The fourth-order valence-corrected chi connectivity index (χ4v) is 3.60. The third kappa shape index (κ3) is 3.79. The SMILES string of the molecule is N[C@@H](Cc1ccc(O)cc1)C(=O)NC(C(=O)O)[C@H]1[C@@H](O)C2(O)COC(C2O)N1O. The number of phenolic OH excluding ortho intramolecular Hbond substituents is 1. The van der Waals surface area contributed by atoms with Gasteiger partial charge in [-0.1, -0.05) is 12.1 Å². The topological polar surface area (TPSA) is 206 Å². The number of nitrogens with zero attached hydrogens (tertiary/aromatic N) is 1. The van der Waals surface area contributed by atoms with E-state index in [1.54, 1.807) is 12.1 Å². The summed E-state index contributed by atoms with van der Waals surface area (Å²) in [6.45, 7) is -0.534. The number of carbonyl (C=O) groups excluding carboxylic acids is 1. The van der Waals surface area contributed by atoms with Crippen molar-refractivity contribution >= 4 is 11.9 Å². The van der Waals surface area contributed by atoms with Crippen LogP contribution in [0, 0.1) is 0 Å². The highest BCUT2D eigenvalue weighted by Gasteiger charge is 2.65. The van der Waals surface area contributed by atoms with Crippen LogP contribution in [-0.4, -0.2) is 96.4 Å². The zero-order chi connectivity index (χ0) is 21.5. The first kappa shape index (κ1) is 21.4. The third-order valence-corrected chi connectivity index (χ3v) is 5.30. The summed E-state index contributed by atoms with van der Waals surface area (Å²) in [5.41, 5.74) is 4.24. The average Bonchev–Trinajstić information content (AvgIpc) is 2.93. The molecule has 2 aliphatic heterocycles. The second kappa shape index (κ2) is 7.84. The highest BCUT2D eigenvalue weighted by Crippen LogP contribution is 2.38. The first-order valence-electron chi connectivity index (χ1n) is 8.80. The lowest BCUT2D eigenvalue weighted by Gasteiger charge is -2.46. The number of hydrogen-bond donors (Lipinski definition) is 8. The van der Waals surface area contributed by atoms with Crippen molar-refractivity contribution in [3.05, 3.63) is 29.8 Å². The van der Waals surface area contributed by atoms with E-state index >= 15 is 0 Å². The van der Waals surface area contributed by atoms with Crippen LogP contribution in [-0.2, 0) is 20.7 Å². The Morgan fingerprint density at radius 3 is 2.48 bits per heavy atom. The van der Waals surface area contributed by atoms with Gasteiger partial charge in [-0.15, -0.1) is 0 Å². The first-order chi connectivity index (χ1) is 13.6. The van der Waals surface area contributed by atoms with Gasteiger partial charge < -0.3 is 46.5 Å². The molecule has 0 radical (unpaired) electrons. The molecule has 3 rings (SSSR count). The number of nitrogens with one attached hydrogen (secondary N) is 1. The number of fused-ring (bicyclic) bond motifs is 2. The van der Waals surface area contributed by atoms with Gasteiger partial charge in [-0.2, -0.15) is 5.06 Å². The first-order valence-corrected chi connectivity index (χ1v) is 8.80. The summed E-state index contributed by atoms with van der Waals surface area (Å²) in [4.78, 5) is 24.2. The molecule has 2 aliphatic rings. The van der Waals surface area contributed by atoms with Gasteiger partial charge in [0, 0.05) is 0 Å². The van der Waals surface area contributed by atoms with E-state index in [0.717, 1.165) is 0 Å². The van der Waals surface area contributed by atoms with E-state index in [0.29, 0.717) is 5.56 Å². The minimum absolute atomic E-state index is 0.0307. The molecule has 0 spiro atoms. The summed E-state index contributed by atoms with van der Waals surface area (Å²) >= 11 is 0. The van der Waals surface area contributed by atoms with E-state index in [1.165, 1.54) is 12.1 Å². The minimum atomic E-state index is -2.21. The number of aliphatic carboxylic acids is 1. The molecule has 1 amide bonds. The Labute approximate surface area is 164 Å². The van der Waals surface area contributed by atoms with Gasteiger partial charge >= 0.3 is 5.97 Å². The molecule has 2 heterocycles. The van der Waals surface area contributed by atoms with E-state index in [4.69, 9.17) is 10.5 Å². The molecular weight excluding hydrogens is 390 g/mol. The predicted octanol–water partition coefficient (Wildman–Crippen LogP) is -3.29. The number of aliphatic hydroxyl groups is 3. The number of phenols is 1. The van der Waals surface area contributed by atoms with E-state index in [-0.39, 0.29) is 17.2 Å². The number of piperidine rings is 1. The average molecular weight is 413 g/mol. The number of aliphatic hydroxyl groups excluding tert-OH is 2. The van der Waals surface area contributed by atoms with Gasteiger partial charge in [0.2, 0.25) is 5.91 Å². The minimum Gasteiger partial charge on any atom is -0.508 e. The van der Waals surface area contributed by atoms with E-state index in [2.05, 4.69) is 5.32 Å². The van der Waals surface area contributed by atoms with Crippen LogP contribution in [0.25, 0.3) is 0 Å². The Morgan fingerprint density at radius 2 is 1.90 bits per heavy atom. The summed E-state index contributed by atoms with van der Waals surface area (Å²) < 4.78 is 5.04. The Kier molecular flexibility index (Phi) is 5.78. The molecule has 12 heteroatoms. The maximum Gasteiger partial charge on any atom is 0.328 e. The second-order valence-electron chi connectivity index (χ2n) is 7.25. The fraction of sp³-hybridized carbons (Fsp3) is 0.529. The third-order valence-electron chi connectivity index (χ3n) is 5.30. The molecule has 12 nitrogen and oxygen atoms in total. The lowest BCUT2D eigenvalue weighted by molar-refractivity contribution is -0.298. The van der Waals surface area contributed by atoms with Crippen molar-refractivity contribution in [2.24, 2.45) is 5.73 Å². The van der Waals surface area contributed by atoms with Crippen molar-refractivity contribution in [1.29, 1.82) is 0 Å². The van der Waals surface area contributed by atoms with Crippen LogP contribution in [0.5, 0.6) is 5.75 Å². The summed E-state index contributed by atoms with van der Waals surface area (Å²) in [5.74, 6) is -2.45. The molecular formula is C17H23N3O9. The lowest BCUT2D eigenvalue weighted by Crippen LogP contribution is -2.74. The maximum atomic E-state index is 12.4. The molecule has 2 fully saturated rings. The van der Waals surface area contributed by atoms with Gasteiger partial charge in [0.1, 0.15) is 29.6 Å². The molecule has 2 bridgehead atoms. The number of rotatable bonds is 6. The van der Waals surface area contributed by atoms with E-state index in [1.807, 2.05) is 0 Å². The molecule has 29 heavy (non-hydrogen) atoms. The van der Waals surface area contributed by atoms with Gasteiger partial charge in [-0.25, -0.2) is 4.79 Å². The van der Waals surface area contributed by atoms with Gasteiger partial charge in [0.15, 0.2) is 6.23 Å². The van der Waals surface area contributed by atoms with Crippen molar-refractivity contribution < 1.29 is 45.1 Å². The van der Waals surface area contributed by atoms with Crippen LogP contribution >= 0.6 is 0 Å². The Morgan fingerprint density at radius 1 is 1.28 bits per heavy atom. The highest BCUT2D eigenvalue weighted by atomic mass is 16.6. The molecule has 0 saturated carbocycles. The summed E-state index contributed by atoms with van der Waals surface area (Å²) in [6, 6.07) is 1.16. The van der Waals surface area contributed by atoms with Crippen molar-refractivity contribution in [3.63, 3.8) is 0 Å². The van der Waals surface area contributed by atoms with Crippen molar-refractivity contribution in [3.8, 4) is 5.75 Å². The van der Waals surface area contributed by atoms with Crippen LogP contribution in [0.15, 0.2) is 24.3 Å². The zero-order valence-electron chi connectivity index (χ0n) is 15.1. The van der Waals surface area contributed by atoms with Crippen molar-refractivity contribution in [2.75, 3.05) is 6.61 Å². The number of ether oxygens (including phenoxy) is 1. The number of carbonyl (C=O) groups is 2.